The molecule has 0 aliphatic rings. The van der Waals surface area contributed by atoms with Crippen LogP contribution in [0.5, 0.6) is 11.5 Å². The highest BCUT2D eigenvalue weighted by Crippen LogP contribution is 2.31. The number of nitro groups is 1. The highest BCUT2D eigenvalue weighted by molar-refractivity contribution is 5.48. The zero-order valence-corrected chi connectivity index (χ0v) is 9.33. The molecule has 0 saturated heterocycles. The van der Waals surface area contributed by atoms with Crippen LogP contribution in [0.1, 0.15) is 0 Å². The number of hydrogen-bond acceptors (Lipinski definition) is 6. The van der Waals surface area contributed by atoms with Crippen LogP contribution in [0, 0.1) is 10.1 Å². The second-order valence-electron chi connectivity index (χ2n) is 3.29. The average Bonchev–Trinajstić information content (AvgIpc) is 2.35. The largest absolute Gasteiger partial charge is 0.493 e. The fraction of sp³-hybridized carbons (Fsp3) is 0.400. The number of aliphatic hydroxyl groups is 1. The number of aliphatic hydroxyl groups excluding tert-OH is 1. The molecule has 1 rings (SSSR count). The Morgan fingerprint density at radius 1 is 1.53 bits per heavy atom. The molecule has 0 aliphatic carbocycles. The van der Waals surface area contributed by atoms with Crippen LogP contribution >= 0.6 is 0 Å². The number of methoxy groups -OCH3 is 1. The van der Waals surface area contributed by atoms with Gasteiger partial charge in [0.2, 0.25) is 0 Å². The van der Waals surface area contributed by atoms with E-state index in [1.807, 2.05) is 0 Å². The molecule has 7 nitrogen and oxygen atoms in total. The van der Waals surface area contributed by atoms with Crippen molar-refractivity contribution in [3.8, 4) is 11.5 Å². The Morgan fingerprint density at radius 2 is 2.24 bits per heavy atom. The first-order valence-corrected chi connectivity index (χ1v) is 4.91. The molecule has 0 aromatic heterocycles. The number of non-ortho nitro benzene ring substituents is 1. The van der Waals surface area contributed by atoms with Crippen molar-refractivity contribution in [2.45, 2.75) is 6.10 Å². The van der Waals surface area contributed by atoms with Crippen molar-refractivity contribution in [2.24, 2.45) is 5.73 Å². The molecule has 0 saturated carbocycles. The summed E-state index contributed by atoms with van der Waals surface area (Å²) < 4.78 is 10.2. The van der Waals surface area contributed by atoms with E-state index >= 15 is 0 Å². The maximum atomic E-state index is 10.6. The maximum Gasteiger partial charge on any atom is 0.273 e. The number of ether oxygens (including phenoxy) is 2. The molecule has 3 N–H and O–H groups in total. The highest BCUT2D eigenvalue weighted by Gasteiger charge is 2.13. The second kappa shape index (κ2) is 6.02. The summed E-state index contributed by atoms with van der Waals surface area (Å²) >= 11 is 0. The van der Waals surface area contributed by atoms with E-state index in [0.717, 1.165) is 0 Å². The minimum Gasteiger partial charge on any atom is -0.493 e. The van der Waals surface area contributed by atoms with E-state index in [1.165, 1.54) is 25.3 Å². The van der Waals surface area contributed by atoms with Crippen LogP contribution in [0.2, 0.25) is 0 Å². The Bertz CT molecular complexity index is 396. The van der Waals surface area contributed by atoms with Crippen molar-refractivity contribution in [1.82, 2.24) is 0 Å². The van der Waals surface area contributed by atoms with Gasteiger partial charge in [-0.3, -0.25) is 10.1 Å². The smallest absolute Gasteiger partial charge is 0.273 e. The minimum absolute atomic E-state index is 0.0476. The zero-order valence-electron chi connectivity index (χ0n) is 9.33. The van der Waals surface area contributed by atoms with Crippen molar-refractivity contribution in [2.75, 3.05) is 20.3 Å². The lowest BCUT2D eigenvalue weighted by Crippen LogP contribution is -2.26. The lowest BCUT2D eigenvalue weighted by Gasteiger charge is -2.12. The number of nitro benzene ring substituents is 1. The Labute approximate surface area is 97.9 Å². The predicted molar refractivity (Wildman–Crippen MR) is 60.2 cm³/mol. The van der Waals surface area contributed by atoms with Crippen LogP contribution in [0.3, 0.4) is 0 Å². The minimum atomic E-state index is -0.820. The molecule has 1 atom stereocenters. The Morgan fingerprint density at radius 3 is 2.76 bits per heavy atom. The topological polar surface area (TPSA) is 108 Å². The van der Waals surface area contributed by atoms with Gasteiger partial charge in [0.15, 0.2) is 11.5 Å². The van der Waals surface area contributed by atoms with Gasteiger partial charge in [0.25, 0.3) is 5.69 Å². The van der Waals surface area contributed by atoms with Crippen LogP contribution in [-0.2, 0) is 0 Å². The number of benzene rings is 1. The first-order valence-electron chi connectivity index (χ1n) is 4.91. The van der Waals surface area contributed by atoms with Gasteiger partial charge in [0, 0.05) is 12.6 Å². The van der Waals surface area contributed by atoms with Crippen molar-refractivity contribution in [1.29, 1.82) is 0 Å². The van der Waals surface area contributed by atoms with E-state index in [1.54, 1.807) is 0 Å². The summed E-state index contributed by atoms with van der Waals surface area (Å²) in [5.41, 5.74) is 5.11. The summed E-state index contributed by atoms with van der Waals surface area (Å²) in [6, 6.07) is 3.98. The standard InChI is InChI=1S/C10H14N2O5/c1-16-9-3-2-7(12(14)15)4-10(9)17-6-8(13)5-11/h2-4,8,13H,5-6,11H2,1H3/t8-/m0/s1. The van der Waals surface area contributed by atoms with E-state index in [4.69, 9.17) is 15.2 Å². The maximum absolute atomic E-state index is 10.6. The molecular weight excluding hydrogens is 228 g/mol. The summed E-state index contributed by atoms with van der Waals surface area (Å²) in [4.78, 5) is 10.1. The monoisotopic (exact) mass is 242 g/mol. The van der Waals surface area contributed by atoms with Gasteiger partial charge in [0.05, 0.1) is 18.1 Å². The first-order chi connectivity index (χ1) is 8.08. The van der Waals surface area contributed by atoms with E-state index in [0.29, 0.717) is 5.75 Å². The average molecular weight is 242 g/mol. The Hall–Kier alpha value is -1.86. The van der Waals surface area contributed by atoms with E-state index in [-0.39, 0.29) is 24.6 Å². The summed E-state index contributed by atoms with van der Waals surface area (Å²) in [5.74, 6) is 0.564. The van der Waals surface area contributed by atoms with Gasteiger partial charge in [-0.15, -0.1) is 0 Å². The van der Waals surface area contributed by atoms with Crippen molar-refractivity contribution in [3.05, 3.63) is 28.3 Å². The van der Waals surface area contributed by atoms with E-state index in [2.05, 4.69) is 0 Å². The normalized spacial score (nSPS) is 11.9. The van der Waals surface area contributed by atoms with Gasteiger partial charge in [-0.25, -0.2) is 0 Å². The molecule has 0 bridgehead atoms. The van der Waals surface area contributed by atoms with Crippen molar-refractivity contribution in [3.63, 3.8) is 0 Å². The third kappa shape index (κ3) is 3.58. The third-order valence-electron chi connectivity index (χ3n) is 2.06. The molecule has 0 unspecified atom stereocenters. The lowest BCUT2D eigenvalue weighted by atomic mass is 10.3. The molecule has 7 heteroatoms. The van der Waals surface area contributed by atoms with Crippen molar-refractivity contribution >= 4 is 5.69 Å². The molecular formula is C10H14N2O5. The van der Waals surface area contributed by atoms with E-state index in [9.17, 15) is 15.2 Å². The fourth-order valence-electron chi connectivity index (χ4n) is 1.15. The first kappa shape index (κ1) is 13.2. The van der Waals surface area contributed by atoms with Crippen LogP contribution in [0.15, 0.2) is 18.2 Å². The Kier molecular flexibility index (Phi) is 4.68. The molecule has 0 aliphatic heterocycles. The summed E-state index contributed by atoms with van der Waals surface area (Å²) in [6.45, 7) is 0.00523. The molecule has 0 spiro atoms. The van der Waals surface area contributed by atoms with Gasteiger partial charge in [-0.2, -0.15) is 0 Å². The van der Waals surface area contributed by atoms with Crippen LogP contribution < -0.4 is 15.2 Å². The van der Waals surface area contributed by atoms with Crippen molar-refractivity contribution < 1.29 is 19.5 Å². The molecule has 1 aromatic carbocycles. The SMILES string of the molecule is COc1ccc([N+](=O)[O-])cc1OC[C@@H](O)CN. The Balaban J connectivity index is 2.86. The summed E-state index contributed by atoms with van der Waals surface area (Å²) in [5, 5.41) is 19.8. The molecule has 0 heterocycles. The zero-order chi connectivity index (χ0) is 12.8. The van der Waals surface area contributed by atoms with Gasteiger partial charge in [-0.1, -0.05) is 0 Å². The number of nitrogens with zero attached hydrogens (tertiary/aromatic N) is 1. The molecule has 17 heavy (non-hydrogen) atoms. The van der Waals surface area contributed by atoms with Gasteiger partial charge < -0.3 is 20.3 Å². The van der Waals surface area contributed by atoms with Crippen LogP contribution in [0.4, 0.5) is 5.69 Å². The van der Waals surface area contributed by atoms with Gasteiger partial charge >= 0.3 is 0 Å². The van der Waals surface area contributed by atoms with Gasteiger partial charge in [0.1, 0.15) is 12.7 Å². The second-order valence-corrected chi connectivity index (χ2v) is 3.29. The van der Waals surface area contributed by atoms with E-state index < -0.39 is 11.0 Å². The quantitative estimate of drug-likeness (QED) is 0.548. The number of nitrogens with two attached hydrogens (primary N) is 1. The summed E-state index contributed by atoms with van der Waals surface area (Å²) in [7, 11) is 1.42. The highest BCUT2D eigenvalue weighted by atomic mass is 16.6. The number of hydrogen-bond donors (Lipinski definition) is 2. The number of rotatable bonds is 6. The molecule has 0 amide bonds. The van der Waals surface area contributed by atoms with Crippen LogP contribution in [0.25, 0.3) is 0 Å². The van der Waals surface area contributed by atoms with Crippen LogP contribution in [-0.4, -0.2) is 36.4 Å². The summed E-state index contributed by atoms with van der Waals surface area (Å²) in [6.07, 6.45) is -0.820. The molecule has 0 radical (unpaired) electrons. The molecule has 1 aromatic rings. The van der Waals surface area contributed by atoms with Gasteiger partial charge in [-0.05, 0) is 6.07 Å². The molecule has 0 fully saturated rings. The fourth-order valence-corrected chi connectivity index (χ4v) is 1.15. The predicted octanol–water partition coefficient (Wildman–Crippen LogP) is 0.302. The lowest BCUT2D eigenvalue weighted by molar-refractivity contribution is -0.385. The molecule has 94 valence electrons. The third-order valence-corrected chi connectivity index (χ3v) is 2.06.